The first-order valence-electron chi connectivity index (χ1n) is 8.87. The lowest BCUT2D eigenvalue weighted by Crippen LogP contribution is -2.37. The first-order valence-corrected chi connectivity index (χ1v) is 8.87. The molecule has 2 fully saturated rings. The molecule has 1 atom stereocenters. The Morgan fingerprint density at radius 1 is 1.28 bits per heavy atom. The fourth-order valence-electron chi connectivity index (χ4n) is 4.06. The van der Waals surface area contributed by atoms with Crippen molar-refractivity contribution >= 4 is 22.8 Å². The highest BCUT2D eigenvalue weighted by atomic mass is 16.6. The molecule has 2 amide bonds. The summed E-state index contributed by atoms with van der Waals surface area (Å²) in [6, 6.07) is 5.97. The molecular formula is C18H22N4O3. The maximum atomic E-state index is 12.8. The minimum absolute atomic E-state index is 0.0345. The normalized spacial score (nSPS) is 21.4. The van der Waals surface area contributed by atoms with Gasteiger partial charge in [0, 0.05) is 32.6 Å². The second kappa shape index (κ2) is 6.46. The second-order valence-corrected chi connectivity index (χ2v) is 7.17. The van der Waals surface area contributed by atoms with Crippen molar-refractivity contribution in [2.24, 2.45) is 5.92 Å². The van der Waals surface area contributed by atoms with E-state index in [1.54, 1.807) is 11.9 Å². The number of carbonyl (C=O) groups is 2. The molecule has 2 heterocycles. The minimum atomic E-state index is -0.226. The predicted octanol–water partition coefficient (Wildman–Crippen LogP) is 1.97. The molecule has 0 unspecified atom stereocenters. The van der Waals surface area contributed by atoms with Crippen LogP contribution in [0, 0.1) is 5.92 Å². The van der Waals surface area contributed by atoms with Gasteiger partial charge >= 0.3 is 0 Å². The van der Waals surface area contributed by atoms with Crippen molar-refractivity contribution in [3.8, 4) is 0 Å². The molecule has 7 heteroatoms. The highest BCUT2D eigenvalue weighted by Gasteiger charge is 2.39. The molecule has 1 saturated carbocycles. The van der Waals surface area contributed by atoms with Crippen molar-refractivity contribution in [2.75, 3.05) is 13.6 Å². The SMILES string of the molecule is CN(Cc1ccc2nonc2c1)C(=O)[C@@H]1CC(=O)N(C2CCCC2)C1. The Hall–Kier alpha value is -2.44. The lowest BCUT2D eigenvalue weighted by Gasteiger charge is -2.25. The van der Waals surface area contributed by atoms with Gasteiger partial charge in [0.15, 0.2) is 0 Å². The van der Waals surface area contributed by atoms with Gasteiger partial charge in [0.05, 0.1) is 5.92 Å². The fourth-order valence-corrected chi connectivity index (χ4v) is 4.06. The van der Waals surface area contributed by atoms with Gasteiger partial charge in [-0.15, -0.1) is 0 Å². The van der Waals surface area contributed by atoms with Crippen LogP contribution in [0.15, 0.2) is 22.8 Å². The van der Waals surface area contributed by atoms with Gasteiger partial charge in [-0.2, -0.15) is 0 Å². The van der Waals surface area contributed by atoms with Gasteiger partial charge in [-0.1, -0.05) is 18.9 Å². The molecule has 2 aromatic rings. The van der Waals surface area contributed by atoms with E-state index in [9.17, 15) is 9.59 Å². The van der Waals surface area contributed by atoms with Crippen LogP contribution in [-0.4, -0.2) is 51.6 Å². The van der Waals surface area contributed by atoms with E-state index in [1.165, 1.54) is 12.8 Å². The Balaban J connectivity index is 1.40. The average Bonchev–Trinajstić information content (AvgIpc) is 3.33. The van der Waals surface area contributed by atoms with Crippen molar-refractivity contribution in [1.29, 1.82) is 0 Å². The van der Waals surface area contributed by atoms with Gasteiger partial charge in [0.2, 0.25) is 11.8 Å². The summed E-state index contributed by atoms with van der Waals surface area (Å²) in [4.78, 5) is 28.7. The first kappa shape index (κ1) is 16.1. The van der Waals surface area contributed by atoms with Gasteiger partial charge in [-0.25, -0.2) is 4.63 Å². The van der Waals surface area contributed by atoms with E-state index in [2.05, 4.69) is 10.3 Å². The second-order valence-electron chi connectivity index (χ2n) is 7.17. The quantitative estimate of drug-likeness (QED) is 0.849. The van der Waals surface area contributed by atoms with Crippen LogP contribution in [0.4, 0.5) is 0 Å². The van der Waals surface area contributed by atoms with E-state index in [4.69, 9.17) is 4.63 Å². The molecule has 0 bridgehead atoms. The number of hydrogen-bond donors (Lipinski definition) is 0. The number of carbonyl (C=O) groups excluding carboxylic acids is 2. The number of nitrogens with zero attached hydrogens (tertiary/aromatic N) is 4. The third-order valence-electron chi connectivity index (χ3n) is 5.39. The summed E-state index contributed by atoms with van der Waals surface area (Å²) in [6.45, 7) is 1.05. The number of rotatable bonds is 4. The van der Waals surface area contributed by atoms with E-state index in [1.807, 2.05) is 23.1 Å². The maximum absolute atomic E-state index is 12.8. The molecule has 1 aliphatic heterocycles. The Morgan fingerprint density at radius 3 is 2.84 bits per heavy atom. The van der Waals surface area contributed by atoms with E-state index >= 15 is 0 Å². The molecular weight excluding hydrogens is 320 g/mol. The molecule has 0 spiro atoms. The zero-order valence-electron chi connectivity index (χ0n) is 14.4. The minimum Gasteiger partial charge on any atom is -0.341 e. The van der Waals surface area contributed by atoms with Crippen LogP contribution >= 0.6 is 0 Å². The molecule has 132 valence electrons. The Morgan fingerprint density at radius 2 is 2.04 bits per heavy atom. The van der Waals surface area contributed by atoms with Gasteiger partial charge in [0.25, 0.3) is 0 Å². The summed E-state index contributed by atoms with van der Waals surface area (Å²) < 4.78 is 4.70. The van der Waals surface area contributed by atoms with Crippen molar-refractivity contribution in [3.63, 3.8) is 0 Å². The van der Waals surface area contributed by atoms with Crippen LogP contribution in [0.5, 0.6) is 0 Å². The molecule has 0 radical (unpaired) electrons. The van der Waals surface area contributed by atoms with Gasteiger partial charge < -0.3 is 9.80 Å². The predicted molar refractivity (Wildman–Crippen MR) is 90.4 cm³/mol. The Bertz CT molecular complexity index is 796. The van der Waals surface area contributed by atoms with Crippen LogP contribution in [-0.2, 0) is 16.1 Å². The van der Waals surface area contributed by atoms with Crippen LogP contribution in [0.25, 0.3) is 11.0 Å². The molecule has 2 aliphatic rings. The highest BCUT2D eigenvalue weighted by molar-refractivity contribution is 5.89. The van der Waals surface area contributed by atoms with Crippen molar-refractivity contribution in [2.45, 2.75) is 44.7 Å². The summed E-state index contributed by atoms with van der Waals surface area (Å²) in [5, 5.41) is 7.61. The van der Waals surface area contributed by atoms with Crippen molar-refractivity contribution < 1.29 is 14.2 Å². The average molecular weight is 342 g/mol. The zero-order valence-corrected chi connectivity index (χ0v) is 14.4. The lowest BCUT2D eigenvalue weighted by molar-refractivity contribution is -0.135. The van der Waals surface area contributed by atoms with Crippen molar-refractivity contribution in [3.05, 3.63) is 23.8 Å². The number of likely N-dealkylation sites (tertiary alicyclic amines) is 1. The van der Waals surface area contributed by atoms with Crippen LogP contribution in [0.2, 0.25) is 0 Å². The highest BCUT2D eigenvalue weighted by Crippen LogP contribution is 2.30. The molecule has 25 heavy (non-hydrogen) atoms. The fraction of sp³-hybridized carbons (Fsp3) is 0.556. The third kappa shape index (κ3) is 3.10. The standard InChI is InChI=1S/C18H22N4O3/c1-21(10-12-6-7-15-16(8-12)20-25-19-15)18(24)13-9-17(23)22(11-13)14-4-2-3-5-14/h6-8,13-14H,2-5,9-11H2,1H3/t13-/m1/s1. The molecule has 1 aromatic heterocycles. The van der Waals surface area contributed by atoms with Gasteiger partial charge in [-0.05, 0) is 40.9 Å². The molecule has 0 N–H and O–H groups in total. The maximum Gasteiger partial charge on any atom is 0.228 e. The van der Waals surface area contributed by atoms with E-state index in [-0.39, 0.29) is 17.7 Å². The molecule has 4 rings (SSSR count). The van der Waals surface area contributed by atoms with E-state index in [0.717, 1.165) is 18.4 Å². The monoisotopic (exact) mass is 342 g/mol. The molecule has 1 saturated heterocycles. The summed E-state index contributed by atoms with van der Waals surface area (Å²) in [5.74, 6) is -0.0588. The summed E-state index contributed by atoms with van der Waals surface area (Å²) in [7, 11) is 1.79. The number of amides is 2. The van der Waals surface area contributed by atoms with E-state index in [0.29, 0.717) is 36.6 Å². The van der Waals surface area contributed by atoms with Crippen LogP contribution in [0.1, 0.15) is 37.7 Å². The van der Waals surface area contributed by atoms with E-state index < -0.39 is 0 Å². The van der Waals surface area contributed by atoms with Gasteiger partial charge in [0.1, 0.15) is 11.0 Å². The smallest absolute Gasteiger partial charge is 0.228 e. The topological polar surface area (TPSA) is 79.5 Å². The van der Waals surface area contributed by atoms with Crippen LogP contribution in [0.3, 0.4) is 0 Å². The first-order chi connectivity index (χ1) is 12.1. The summed E-state index contributed by atoms with van der Waals surface area (Å²) in [6.07, 6.45) is 4.87. The number of aromatic nitrogens is 2. The third-order valence-corrected chi connectivity index (χ3v) is 5.39. The summed E-state index contributed by atoms with van der Waals surface area (Å²) >= 11 is 0. The molecule has 1 aliphatic carbocycles. The number of hydrogen-bond acceptors (Lipinski definition) is 5. The zero-order chi connectivity index (χ0) is 17.4. The molecule has 1 aromatic carbocycles. The Kier molecular flexibility index (Phi) is 4.15. The molecule has 7 nitrogen and oxygen atoms in total. The largest absolute Gasteiger partial charge is 0.341 e. The number of benzene rings is 1. The summed E-state index contributed by atoms with van der Waals surface area (Å²) in [5.41, 5.74) is 2.35. The van der Waals surface area contributed by atoms with Crippen LogP contribution < -0.4 is 0 Å². The van der Waals surface area contributed by atoms with Crippen molar-refractivity contribution in [1.82, 2.24) is 20.1 Å². The Labute approximate surface area is 145 Å². The van der Waals surface area contributed by atoms with Gasteiger partial charge in [-0.3, -0.25) is 9.59 Å². The lowest BCUT2D eigenvalue weighted by atomic mass is 10.1. The number of fused-ring (bicyclic) bond motifs is 1.